The van der Waals surface area contributed by atoms with Crippen molar-refractivity contribution in [2.45, 2.75) is 84.3 Å². The minimum absolute atomic E-state index is 0.00512. The third-order valence-corrected chi connectivity index (χ3v) is 11.1. The molecule has 1 aromatic carbocycles. The number of hydrogen-bond donors (Lipinski definition) is 1. The molecule has 3 saturated carbocycles. The van der Waals surface area contributed by atoms with Gasteiger partial charge in [0.1, 0.15) is 11.7 Å². The maximum atomic E-state index is 12.8. The molecule has 8 atom stereocenters. The van der Waals surface area contributed by atoms with Crippen molar-refractivity contribution in [1.29, 1.82) is 0 Å². The number of ether oxygens (including phenoxy) is 1. The van der Waals surface area contributed by atoms with Crippen LogP contribution in [0.25, 0.3) is 0 Å². The van der Waals surface area contributed by atoms with Crippen LogP contribution in [0.15, 0.2) is 35.9 Å². The summed E-state index contributed by atoms with van der Waals surface area (Å²) in [5.74, 6) is 1.02. The molecule has 4 nitrogen and oxygen atoms in total. The summed E-state index contributed by atoms with van der Waals surface area (Å²) in [5.41, 5.74) is 0.712. The number of benzene rings is 1. The molecule has 0 amide bonds. The lowest BCUT2D eigenvalue weighted by molar-refractivity contribution is -0.156. The Morgan fingerprint density at radius 1 is 1.15 bits per heavy atom. The number of hydrogen-bond acceptors (Lipinski definition) is 4. The molecule has 1 N–H and O–H groups in total. The fourth-order valence-electron chi connectivity index (χ4n) is 8.52. The molecule has 184 valence electrons. The average Bonchev–Trinajstić information content (AvgIpc) is 3.01. The standard InChI is InChI=1S/C29H37IO4/c1-17-14-25-23-9-8-20-16-22(34-26(32)19-6-5-7-21(30)15-19)10-12-27(20,3)24(23)11-13-28(25,4)29(17,33)18(2)31/h5-7,11,15,17,20,22-23,25,33H,8-10,12-14,16H2,1-4H3. The smallest absolute Gasteiger partial charge is 0.338 e. The van der Waals surface area contributed by atoms with Gasteiger partial charge in [-0.3, -0.25) is 4.79 Å². The van der Waals surface area contributed by atoms with E-state index in [2.05, 4.69) is 49.4 Å². The summed E-state index contributed by atoms with van der Waals surface area (Å²) in [6, 6.07) is 7.60. The number of Topliss-reactive ketones (excluding diaryl/α,β-unsaturated/α-hetero) is 1. The van der Waals surface area contributed by atoms with E-state index < -0.39 is 5.60 Å². The van der Waals surface area contributed by atoms with Gasteiger partial charge in [0.2, 0.25) is 0 Å². The van der Waals surface area contributed by atoms with Crippen molar-refractivity contribution in [1.82, 2.24) is 0 Å². The fraction of sp³-hybridized carbons (Fsp3) is 0.655. The monoisotopic (exact) mass is 576 g/mol. The molecular weight excluding hydrogens is 539 g/mol. The van der Waals surface area contributed by atoms with Crippen LogP contribution in [0.1, 0.15) is 83.0 Å². The maximum Gasteiger partial charge on any atom is 0.338 e. The molecule has 0 saturated heterocycles. The fourth-order valence-corrected chi connectivity index (χ4v) is 9.07. The molecule has 0 heterocycles. The van der Waals surface area contributed by atoms with Crippen molar-refractivity contribution < 1.29 is 19.4 Å². The van der Waals surface area contributed by atoms with E-state index in [1.165, 1.54) is 0 Å². The summed E-state index contributed by atoms with van der Waals surface area (Å²) >= 11 is 2.22. The van der Waals surface area contributed by atoms with Crippen molar-refractivity contribution in [2.75, 3.05) is 0 Å². The highest BCUT2D eigenvalue weighted by Gasteiger charge is 2.66. The lowest BCUT2D eigenvalue weighted by Gasteiger charge is -2.57. The van der Waals surface area contributed by atoms with E-state index in [0.29, 0.717) is 23.3 Å². The van der Waals surface area contributed by atoms with Crippen LogP contribution in [-0.2, 0) is 9.53 Å². The zero-order valence-corrected chi connectivity index (χ0v) is 22.9. The van der Waals surface area contributed by atoms with Crippen LogP contribution < -0.4 is 0 Å². The number of fused-ring (bicyclic) bond motifs is 5. The number of esters is 1. The molecule has 4 aliphatic carbocycles. The molecule has 5 rings (SSSR count). The van der Waals surface area contributed by atoms with Crippen molar-refractivity contribution in [2.24, 2.45) is 34.5 Å². The van der Waals surface area contributed by atoms with Crippen molar-refractivity contribution in [3.05, 3.63) is 45.0 Å². The van der Waals surface area contributed by atoms with Gasteiger partial charge in [0, 0.05) is 8.99 Å². The Labute approximate surface area is 217 Å². The van der Waals surface area contributed by atoms with Gasteiger partial charge in [-0.1, -0.05) is 38.5 Å². The normalized spacial score (nSPS) is 43.2. The second kappa shape index (κ2) is 8.43. The van der Waals surface area contributed by atoms with Crippen LogP contribution in [0, 0.1) is 38.1 Å². The first-order chi connectivity index (χ1) is 16.0. The number of aliphatic hydroxyl groups is 1. The van der Waals surface area contributed by atoms with E-state index in [4.69, 9.17) is 4.74 Å². The Morgan fingerprint density at radius 3 is 2.62 bits per heavy atom. The summed E-state index contributed by atoms with van der Waals surface area (Å²) in [5, 5.41) is 11.6. The van der Waals surface area contributed by atoms with Crippen LogP contribution in [0.5, 0.6) is 0 Å². The topological polar surface area (TPSA) is 63.6 Å². The lowest BCUT2D eigenvalue weighted by Crippen LogP contribution is -2.56. The quantitative estimate of drug-likeness (QED) is 0.259. The van der Waals surface area contributed by atoms with Crippen molar-refractivity contribution in [3.63, 3.8) is 0 Å². The number of allylic oxidation sites excluding steroid dienone is 2. The van der Waals surface area contributed by atoms with Gasteiger partial charge in [-0.25, -0.2) is 4.79 Å². The van der Waals surface area contributed by atoms with Crippen LogP contribution >= 0.6 is 22.6 Å². The van der Waals surface area contributed by atoms with E-state index in [-0.39, 0.29) is 34.6 Å². The summed E-state index contributed by atoms with van der Waals surface area (Å²) in [6.07, 6.45) is 9.14. The first-order valence-electron chi connectivity index (χ1n) is 12.9. The van der Waals surface area contributed by atoms with E-state index in [9.17, 15) is 14.7 Å². The maximum absolute atomic E-state index is 12.8. The number of rotatable bonds is 3. The highest BCUT2D eigenvalue weighted by atomic mass is 127. The Balaban J connectivity index is 1.35. The second-order valence-electron chi connectivity index (χ2n) is 12.0. The minimum Gasteiger partial charge on any atom is -0.459 e. The summed E-state index contributed by atoms with van der Waals surface area (Å²) < 4.78 is 7.02. The first kappa shape index (κ1) is 24.5. The van der Waals surface area contributed by atoms with Crippen LogP contribution in [0.4, 0.5) is 0 Å². The molecule has 4 aliphatic rings. The Kier molecular flexibility index (Phi) is 6.07. The molecule has 0 aromatic heterocycles. The van der Waals surface area contributed by atoms with Gasteiger partial charge in [0.25, 0.3) is 0 Å². The molecule has 0 spiro atoms. The van der Waals surface area contributed by atoms with Gasteiger partial charge in [-0.2, -0.15) is 0 Å². The highest BCUT2D eigenvalue weighted by molar-refractivity contribution is 14.1. The Bertz CT molecular complexity index is 1050. The molecule has 0 radical (unpaired) electrons. The molecule has 0 bridgehead atoms. The van der Waals surface area contributed by atoms with Gasteiger partial charge >= 0.3 is 5.97 Å². The van der Waals surface area contributed by atoms with Gasteiger partial charge < -0.3 is 9.84 Å². The molecule has 1 aromatic rings. The van der Waals surface area contributed by atoms with E-state index >= 15 is 0 Å². The highest BCUT2D eigenvalue weighted by Crippen LogP contribution is 2.67. The zero-order chi connectivity index (χ0) is 24.5. The Morgan fingerprint density at radius 2 is 1.91 bits per heavy atom. The summed E-state index contributed by atoms with van der Waals surface area (Å²) in [4.78, 5) is 25.4. The number of carbonyl (C=O) groups is 2. The zero-order valence-electron chi connectivity index (χ0n) is 20.8. The van der Waals surface area contributed by atoms with E-state index in [1.54, 1.807) is 12.5 Å². The van der Waals surface area contributed by atoms with Gasteiger partial charge in [0.15, 0.2) is 5.78 Å². The SMILES string of the molecule is CC(=O)C1(O)C(C)CC2C3CCC4CC(OC(=O)c5cccc(I)c5)CCC4(C)C3=CCC21C. The van der Waals surface area contributed by atoms with Crippen molar-refractivity contribution >= 4 is 34.3 Å². The minimum atomic E-state index is -1.22. The Hall–Kier alpha value is -1.21. The first-order valence-corrected chi connectivity index (χ1v) is 14.0. The van der Waals surface area contributed by atoms with E-state index in [1.807, 2.05) is 24.3 Å². The summed E-state index contributed by atoms with van der Waals surface area (Å²) in [6.45, 7) is 8.21. The number of halogens is 1. The predicted molar refractivity (Wildman–Crippen MR) is 140 cm³/mol. The van der Waals surface area contributed by atoms with Gasteiger partial charge in [0.05, 0.1) is 5.56 Å². The van der Waals surface area contributed by atoms with Crippen LogP contribution in [0.2, 0.25) is 0 Å². The van der Waals surface area contributed by atoms with Crippen LogP contribution in [0.3, 0.4) is 0 Å². The molecular formula is C29H37IO4. The van der Waals surface area contributed by atoms with Crippen LogP contribution in [-0.4, -0.2) is 28.6 Å². The molecule has 3 fully saturated rings. The molecule has 34 heavy (non-hydrogen) atoms. The average molecular weight is 577 g/mol. The molecule has 8 unspecified atom stereocenters. The number of ketones is 1. The summed E-state index contributed by atoms with van der Waals surface area (Å²) in [7, 11) is 0. The second-order valence-corrected chi connectivity index (χ2v) is 13.2. The van der Waals surface area contributed by atoms with Gasteiger partial charge in [-0.15, -0.1) is 0 Å². The largest absolute Gasteiger partial charge is 0.459 e. The third-order valence-electron chi connectivity index (χ3n) is 10.4. The lowest BCUT2D eigenvalue weighted by atomic mass is 9.48. The van der Waals surface area contributed by atoms with Gasteiger partial charge in [-0.05, 0) is 122 Å². The van der Waals surface area contributed by atoms with Crippen molar-refractivity contribution in [3.8, 4) is 0 Å². The molecule has 0 aliphatic heterocycles. The number of carbonyl (C=O) groups excluding carboxylic acids is 2. The van der Waals surface area contributed by atoms with E-state index in [0.717, 1.165) is 48.5 Å². The third kappa shape index (κ3) is 3.47. The molecule has 5 heteroatoms. The predicted octanol–water partition coefficient (Wildman–Crippen LogP) is 6.35.